The number of hydrogen-bond donors (Lipinski definition) is 3. The molecule has 0 aromatic carbocycles. The first kappa shape index (κ1) is 14.0. The minimum Gasteiger partial charge on any atom is -0.374 e. The topological polar surface area (TPSA) is 85.1 Å². The van der Waals surface area contributed by atoms with Crippen molar-refractivity contribution in [2.24, 2.45) is 11.8 Å². The number of nitrogens with two attached hydrogens (primary N) is 1. The van der Waals surface area contributed by atoms with Crippen molar-refractivity contribution in [2.75, 3.05) is 23.9 Å². The minimum absolute atomic E-state index is 0.406. The number of hydrazine groups is 1. The van der Waals surface area contributed by atoms with Crippen molar-refractivity contribution in [3.05, 3.63) is 11.9 Å². The van der Waals surface area contributed by atoms with E-state index in [1.807, 2.05) is 13.0 Å². The van der Waals surface area contributed by atoms with Gasteiger partial charge in [0.05, 0.1) is 0 Å². The van der Waals surface area contributed by atoms with Crippen LogP contribution in [0.25, 0.3) is 0 Å². The Morgan fingerprint density at radius 3 is 2.84 bits per heavy atom. The Kier molecular flexibility index (Phi) is 5.35. The number of rotatable bonds is 9. The molecule has 0 aliphatic heterocycles. The molecule has 106 valence electrons. The Hall–Kier alpha value is -1.40. The zero-order chi connectivity index (χ0) is 13.5. The van der Waals surface area contributed by atoms with Gasteiger partial charge in [0.1, 0.15) is 18.2 Å². The van der Waals surface area contributed by atoms with Gasteiger partial charge in [-0.3, -0.25) is 0 Å². The Morgan fingerprint density at radius 1 is 1.37 bits per heavy atom. The smallest absolute Gasteiger partial charge is 0.158 e. The molecule has 1 aromatic heterocycles. The fourth-order valence-corrected chi connectivity index (χ4v) is 1.93. The highest BCUT2D eigenvalue weighted by Gasteiger charge is 2.19. The van der Waals surface area contributed by atoms with E-state index in [0.717, 1.165) is 18.3 Å². The number of nitrogen functional groups attached to an aromatic ring is 1. The van der Waals surface area contributed by atoms with Crippen LogP contribution in [0.3, 0.4) is 0 Å². The van der Waals surface area contributed by atoms with Gasteiger partial charge >= 0.3 is 0 Å². The van der Waals surface area contributed by atoms with E-state index in [0.29, 0.717) is 24.9 Å². The van der Waals surface area contributed by atoms with Gasteiger partial charge in [0, 0.05) is 19.2 Å². The van der Waals surface area contributed by atoms with Gasteiger partial charge in [-0.15, -0.1) is 0 Å². The van der Waals surface area contributed by atoms with Crippen LogP contribution in [-0.4, -0.2) is 23.1 Å². The molecule has 0 amide bonds. The normalized spacial score (nSPS) is 14.4. The molecule has 2 rings (SSSR count). The Morgan fingerprint density at radius 2 is 2.16 bits per heavy atom. The van der Waals surface area contributed by atoms with Crippen molar-refractivity contribution in [2.45, 2.75) is 39.2 Å². The lowest BCUT2D eigenvalue weighted by Gasteiger charge is -2.09. The molecule has 0 saturated heterocycles. The summed E-state index contributed by atoms with van der Waals surface area (Å²) in [5.41, 5.74) is 2.56. The van der Waals surface area contributed by atoms with Crippen molar-refractivity contribution in [3.63, 3.8) is 0 Å². The highest BCUT2D eigenvalue weighted by molar-refractivity contribution is 5.46. The maximum Gasteiger partial charge on any atom is 0.158 e. The van der Waals surface area contributed by atoms with Gasteiger partial charge in [-0.1, -0.05) is 12.8 Å². The summed E-state index contributed by atoms with van der Waals surface area (Å²) < 4.78 is 5.32. The second kappa shape index (κ2) is 7.25. The summed E-state index contributed by atoms with van der Waals surface area (Å²) in [5.74, 6) is 8.43. The molecule has 1 aromatic rings. The summed E-state index contributed by atoms with van der Waals surface area (Å²) in [6.45, 7) is 3.93. The third-order valence-electron chi connectivity index (χ3n) is 3.15. The second-order valence-electron chi connectivity index (χ2n) is 4.85. The number of ether oxygens (including phenoxy) is 1. The van der Waals surface area contributed by atoms with Crippen molar-refractivity contribution in [3.8, 4) is 0 Å². The lowest BCUT2D eigenvalue weighted by Crippen LogP contribution is -2.13. The Balaban J connectivity index is 1.85. The average molecular weight is 265 g/mol. The third kappa shape index (κ3) is 5.00. The molecule has 6 heteroatoms. The lowest BCUT2D eigenvalue weighted by molar-refractivity contribution is 0.128. The predicted molar refractivity (Wildman–Crippen MR) is 75.6 cm³/mol. The summed E-state index contributed by atoms with van der Waals surface area (Å²) in [4.78, 5) is 8.65. The van der Waals surface area contributed by atoms with Crippen molar-refractivity contribution in [1.29, 1.82) is 0 Å². The van der Waals surface area contributed by atoms with Gasteiger partial charge in [-0.2, -0.15) is 0 Å². The highest BCUT2D eigenvalue weighted by atomic mass is 16.5. The number of anilines is 2. The molecule has 0 radical (unpaired) electrons. The average Bonchev–Trinajstić information content (AvgIpc) is 3.25. The number of aromatic nitrogens is 2. The van der Waals surface area contributed by atoms with Crippen LogP contribution < -0.4 is 16.6 Å². The highest BCUT2D eigenvalue weighted by Crippen LogP contribution is 2.33. The number of nitrogens with one attached hydrogen (secondary N) is 2. The van der Waals surface area contributed by atoms with Gasteiger partial charge in [0.25, 0.3) is 0 Å². The van der Waals surface area contributed by atoms with E-state index in [1.165, 1.54) is 25.7 Å². The van der Waals surface area contributed by atoms with Gasteiger partial charge in [0.15, 0.2) is 5.82 Å². The standard InChI is InChI=1S/C13H23N5O/c1-2-19-9-13-16-11(8-12(17-13)18-14)15-7-3-4-10-5-6-10/h8,10H,2-7,9,14H2,1H3,(H2,15,16,17,18). The monoisotopic (exact) mass is 265 g/mol. The van der Waals surface area contributed by atoms with E-state index in [1.54, 1.807) is 0 Å². The fraction of sp³-hybridized carbons (Fsp3) is 0.692. The largest absolute Gasteiger partial charge is 0.374 e. The van der Waals surface area contributed by atoms with Crippen LogP contribution in [-0.2, 0) is 11.3 Å². The van der Waals surface area contributed by atoms with Crippen LogP contribution in [0.15, 0.2) is 6.07 Å². The van der Waals surface area contributed by atoms with Crippen LogP contribution >= 0.6 is 0 Å². The van der Waals surface area contributed by atoms with Crippen LogP contribution in [0, 0.1) is 5.92 Å². The van der Waals surface area contributed by atoms with E-state index < -0.39 is 0 Å². The Labute approximate surface area is 114 Å². The molecule has 0 atom stereocenters. The minimum atomic E-state index is 0.406. The molecule has 19 heavy (non-hydrogen) atoms. The van der Waals surface area contributed by atoms with Crippen molar-refractivity contribution >= 4 is 11.6 Å². The van der Waals surface area contributed by atoms with Crippen LogP contribution in [0.5, 0.6) is 0 Å². The maximum atomic E-state index is 5.41. The van der Waals surface area contributed by atoms with E-state index >= 15 is 0 Å². The van der Waals surface area contributed by atoms with E-state index in [2.05, 4.69) is 20.7 Å². The molecule has 6 nitrogen and oxygen atoms in total. The number of nitrogens with zero attached hydrogens (tertiary/aromatic N) is 2. The molecule has 4 N–H and O–H groups in total. The molecule has 1 heterocycles. The van der Waals surface area contributed by atoms with E-state index in [-0.39, 0.29) is 0 Å². The summed E-state index contributed by atoms with van der Waals surface area (Å²) >= 11 is 0. The third-order valence-corrected chi connectivity index (χ3v) is 3.15. The van der Waals surface area contributed by atoms with Crippen molar-refractivity contribution in [1.82, 2.24) is 9.97 Å². The fourth-order valence-electron chi connectivity index (χ4n) is 1.93. The summed E-state index contributed by atoms with van der Waals surface area (Å²) in [5, 5.41) is 3.32. The zero-order valence-electron chi connectivity index (χ0n) is 11.5. The first-order valence-electron chi connectivity index (χ1n) is 6.98. The van der Waals surface area contributed by atoms with E-state index in [9.17, 15) is 0 Å². The van der Waals surface area contributed by atoms with E-state index in [4.69, 9.17) is 10.6 Å². The van der Waals surface area contributed by atoms with Crippen LogP contribution in [0.2, 0.25) is 0 Å². The quantitative estimate of drug-likeness (QED) is 0.359. The van der Waals surface area contributed by atoms with Gasteiger partial charge < -0.3 is 15.5 Å². The molecule has 1 fully saturated rings. The second-order valence-corrected chi connectivity index (χ2v) is 4.85. The van der Waals surface area contributed by atoms with Crippen LogP contribution in [0.4, 0.5) is 11.6 Å². The van der Waals surface area contributed by atoms with Gasteiger partial charge in [-0.05, 0) is 25.7 Å². The molecule has 1 aliphatic rings. The predicted octanol–water partition coefficient (Wildman–Crippen LogP) is 1.90. The molecule has 0 spiro atoms. The molecule has 1 aliphatic carbocycles. The number of hydrogen-bond acceptors (Lipinski definition) is 6. The lowest BCUT2D eigenvalue weighted by atomic mass is 10.2. The summed E-state index contributed by atoms with van der Waals surface area (Å²) in [6, 6.07) is 1.81. The first-order chi connectivity index (χ1) is 9.31. The molecule has 0 unspecified atom stereocenters. The Bertz CT molecular complexity index is 395. The molecular formula is C13H23N5O. The maximum absolute atomic E-state index is 5.41. The molecule has 1 saturated carbocycles. The molecular weight excluding hydrogens is 242 g/mol. The van der Waals surface area contributed by atoms with Crippen molar-refractivity contribution < 1.29 is 4.74 Å². The SMILES string of the molecule is CCOCc1nc(NN)cc(NCCCC2CC2)n1. The van der Waals surface area contributed by atoms with Gasteiger partial charge in [0.2, 0.25) is 0 Å². The molecule has 0 bridgehead atoms. The van der Waals surface area contributed by atoms with Gasteiger partial charge in [-0.25, -0.2) is 15.8 Å². The zero-order valence-corrected chi connectivity index (χ0v) is 11.5. The summed E-state index contributed by atoms with van der Waals surface area (Å²) in [6.07, 6.45) is 5.31. The first-order valence-corrected chi connectivity index (χ1v) is 6.98. The summed E-state index contributed by atoms with van der Waals surface area (Å²) in [7, 11) is 0. The van der Waals surface area contributed by atoms with Crippen LogP contribution in [0.1, 0.15) is 38.4 Å².